The molecule has 4 heteroatoms. The lowest BCUT2D eigenvalue weighted by Crippen LogP contribution is -2.55. The van der Waals surface area contributed by atoms with Gasteiger partial charge in [-0.1, -0.05) is 20.3 Å². The van der Waals surface area contributed by atoms with Gasteiger partial charge in [-0.15, -0.1) is 0 Å². The minimum Gasteiger partial charge on any atom is -0.380 e. The Bertz CT molecular complexity index is 209. The molecule has 0 aliphatic carbocycles. The van der Waals surface area contributed by atoms with Gasteiger partial charge in [0.1, 0.15) is 0 Å². The summed E-state index contributed by atoms with van der Waals surface area (Å²) in [4.78, 5) is 13.8. The zero-order valence-electron chi connectivity index (χ0n) is 10.5. The molecule has 1 rings (SSSR count). The highest BCUT2D eigenvalue weighted by Gasteiger charge is 2.26. The van der Waals surface area contributed by atoms with Crippen LogP contribution in [0.4, 0.5) is 0 Å². The summed E-state index contributed by atoms with van der Waals surface area (Å²) in [5.74, 6) is 0.229. The molecule has 1 aliphatic heterocycles. The summed E-state index contributed by atoms with van der Waals surface area (Å²) in [7, 11) is 0. The molecule has 0 radical (unpaired) electrons. The summed E-state index contributed by atoms with van der Waals surface area (Å²) in [6.07, 6.45) is 3.13. The molecule has 1 unspecified atom stereocenters. The number of nitrogens with one attached hydrogen (secondary N) is 1. The van der Waals surface area contributed by atoms with E-state index < -0.39 is 0 Å². The van der Waals surface area contributed by atoms with Crippen molar-refractivity contribution in [2.45, 2.75) is 39.2 Å². The third-order valence-electron chi connectivity index (χ3n) is 2.94. The summed E-state index contributed by atoms with van der Waals surface area (Å²) in [6.45, 7) is 8.12. The quantitative estimate of drug-likeness (QED) is 0.661. The molecule has 0 aromatic rings. The second kappa shape index (κ2) is 7.63. The fraction of sp³-hybridized carbons (Fsp3) is 0.917. The first-order chi connectivity index (χ1) is 7.79. The minimum atomic E-state index is 0.0180. The van der Waals surface area contributed by atoms with Crippen molar-refractivity contribution in [1.29, 1.82) is 0 Å². The van der Waals surface area contributed by atoms with Crippen molar-refractivity contribution in [2.75, 3.05) is 32.8 Å². The number of piperazine rings is 1. The number of carbonyl (C=O) groups excluding carboxylic acids is 1. The van der Waals surface area contributed by atoms with Gasteiger partial charge in [-0.2, -0.15) is 0 Å². The molecule has 1 aliphatic rings. The van der Waals surface area contributed by atoms with Gasteiger partial charge < -0.3 is 15.0 Å². The lowest BCUT2D eigenvalue weighted by molar-refractivity contribution is -0.136. The van der Waals surface area contributed by atoms with Gasteiger partial charge in [0.05, 0.1) is 12.6 Å². The highest BCUT2D eigenvalue weighted by Crippen LogP contribution is 2.04. The van der Waals surface area contributed by atoms with Crippen LogP contribution in [0.1, 0.15) is 33.1 Å². The van der Waals surface area contributed by atoms with Gasteiger partial charge in [0.15, 0.2) is 0 Å². The molecular weight excluding hydrogens is 204 g/mol. The minimum absolute atomic E-state index is 0.0180. The number of amides is 1. The lowest BCUT2D eigenvalue weighted by atomic mass is 10.1. The van der Waals surface area contributed by atoms with Gasteiger partial charge in [0, 0.05) is 26.2 Å². The third-order valence-corrected chi connectivity index (χ3v) is 2.94. The van der Waals surface area contributed by atoms with Gasteiger partial charge in [0.2, 0.25) is 5.91 Å². The Morgan fingerprint density at radius 1 is 1.44 bits per heavy atom. The Hall–Kier alpha value is -0.610. The summed E-state index contributed by atoms with van der Waals surface area (Å²) in [5.41, 5.74) is 0. The molecule has 1 amide bonds. The maximum Gasteiger partial charge on any atom is 0.239 e. The largest absolute Gasteiger partial charge is 0.380 e. The number of carbonyl (C=O) groups is 1. The Kier molecular flexibility index (Phi) is 6.42. The molecule has 94 valence electrons. The molecule has 1 atom stereocenters. The van der Waals surface area contributed by atoms with E-state index in [1.54, 1.807) is 0 Å². The van der Waals surface area contributed by atoms with Crippen molar-refractivity contribution < 1.29 is 9.53 Å². The summed E-state index contributed by atoms with van der Waals surface area (Å²) in [6, 6.07) is 0.0180. The van der Waals surface area contributed by atoms with Crippen LogP contribution in [0.2, 0.25) is 0 Å². The summed E-state index contributed by atoms with van der Waals surface area (Å²) >= 11 is 0. The third kappa shape index (κ3) is 4.10. The number of unbranched alkanes of at least 4 members (excludes halogenated alkanes) is 1. The first kappa shape index (κ1) is 13.5. The molecule has 0 aromatic carbocycles. The Morgan fingerprint density at radius 2 is 2.25 bits per heavy atom. The van der Waals surface area contributed by atoms with E-state index in [0.29, 0.717) is 6.61 Å². The zero-order valence-corrected chi connectivity index (χ0v) is 10.5. The van der Waals surface area contributed by atoms with Gasteiger partial charge in [0.25, 0.3) is 0 Å². The van der Waals surface area contributed by atoms with E-state index in [-0.39, 0.29) is 11.9 Å². The van der Waals surface area contributed by atoms with Crippen molar-refractivity contribution in [3.05, 3.63) is 0 Å². The molecular formula is C12H24N2O2. The van der Waals surface area contributed by atoms with Crippen LogP contribution in [0, 0.1) is 0 Å². The standard InChI is InChI=1S/C12H24N2O2/c1-3-5-9-16-10-8-14-7-6-13-11(4-2)12(14)15/h11,13H,3-10H2,1-2H3. The number of ether oxygens (including phenoxy) is 1. The van der Waals surface area contributed by atoms with E-state index in [0.717, 1.165) is 45.5 Å². The lowest BCUT2D eigenvalue weighted by Gasteiger charge is -2.32. The number of rotatable bonds is 7. The second-order valence-corrected chi connectivity index (χ2v) is 4.21. The molecule has 0 bridgehead atoms. The van der Waals surface area contributed by atoms with Gasteiger partial charge in [-0.05, 0) is 12.8 Å². The first-order valence-corrected chi connectivity index (χ1v) is 6.39. The summed E-state index contributed by atoms with van der Waals surface area (Å²) in [5, 5.41) is 3.23. The van der Waals surface area contributed by atoms with Crippen LogP contribution in [-0.4, -0.2) is 49.7 Å². The highest BCUT2D eigenvalue weighted by atomic mass is 16.5. The molecule has 16 heavy (non-hydrogen) atoms. The van der Waals surface area contributed by atoms with E-state index in [4.69, 9.17) is 4.74 Å². The molecule has 0 aromatic heterocycles. The normalized spacial score (nSPS) is 21.5. The van der Waals surface area contributed by atoms with Crippen LogP contribution < -0.4 is 5.32 Å². The van der Waals surface area contributed by atoms with Crippen molar-refractivity contribution >= 4 is 5.91 Å². The number of hydrogen-bond donors (Lipinski definition) is 1. The predicted octanol–water partition coefficient (Wildman–Crippen LogP) is 1.01. The predicted molar refractivity (Wildman–Crippen MR) is 64.4 cm³/mol. The fourth-order valence-electron chi connectivity index (χ4n) is 1.86. The SMILES string of the molecule is CCCCOCCN1CCNC(CC)C1=O. The summed E-state index contributed by atoms with van der Waals surface area (Å²) < 4.78 is 5.48. The van der Waals surface area contributed by atoms with Crippen LogP contribution in [0.15, 0.2) is 0 Å². The second-order valence-electron chi connectivity index (χ2n) is 4.21. The van der Waals surface area contributed by atoms with Gasteiger partial charge >= 0.3 is 0 Å². The monoisotopic (exact) mass is 228 g/mol. The van der Waals surface area contributed by atoms with Crippen molar-refractivity contribution in [1.82, 2.24) is 10.2 Å². The average molecular weight is 228 g/mol. The van der Waals surface area contributed by atoms with E-state index in [1.165, 1.54) is 0 Å². The molecule has 0 saturated carbocycles. The maximum atomic E-state index is 11.9. The van der Waals surface area contributed by atoms with Crippen LogP contribution in [0.5, 0.6) is 0 Å². The molecule has 0 spiro atoms. The van der Waals surface area contributed by atoms with Gasteiger partial charge in [-0.25, -0.2) is 0 Å². The van der Waals surface area contributed by atoms with E-state index in [1.807, 2.05) is 11.8 Å². The first-order valence-electron chi connectivity index (χ1n) is 6.39. The fourth-order valence-corrected chi connectivity index (χ4v) is 1.86. The molecule has 1 N–H and O–H groups in total. The van der Waals surface area contributed by atoms with Crippen molar-refractivity contribution in [3.8, 4) is 0 Å². The van der Waals surface area contributed by atoms with E-state index in [2.05, 4.69) is 12.2 Å². The number of hydrogen-bond acceptors (Lipinski definition) is 3. The van der Waals surface area contributed by atoms with E-state index in [9.17, 15) is 4.79 Å². The van der Waals surface area contributed by atoms with Crippen molar-refractivity contribution in [3.63, 3.8) is 0 Å². The zero-order chi connectivity index (χ0) is 11.8. The van der Waals surface area contributed by atoms with E-state index >= 15 is 0 Å². The topological polar surface area (TPSA) is 41.6 Å². The molecule has 1 saturated heterocycles. The molecule has 1 heterocycles. The Morgan fingerprint density at radius 3 is 2.94 bits per heavy atom. The maximum absolute atomic E-state index is 11.9. The van der Waals surface area contributed by atoms with Crippen LogP contribution in [0.25, 0.3) is 0 Å². The van der Waals surface area contributed by atoms with Crippen LogP contribution >= 0.6 is 0 Å². The van der Waals surface area contributed by atoms with Crippen LogP contribution in [-0.2, 0) is 9.53 Å². The smallest absolute Gasteiger partial charge is 0.239 e. The Labute approximate surface area is 98.3 Å². The van der Waals surface area contributed by atoms with Crippen LogP contribution in [0.3, 0.4) is 0 Å². The number of nitrogens with zero attached hydrogens (tertiary/aromatic N) is 1. The van der Waals surface area contributed by atoms with Gasteiger partial charge in [-0.3, -0.25) is 4.79 Å². The average Bonchev–Trinajstić information content (AvgIpc) is 2.31. The van der Waals surface area contributed by atoms with Crippen molar-refractivity contribution in [2.24, 2.45) is 0 Å². The highest BCUT2D eigenvalue weighted by molar-refractivity contribution is 5.82. The molecule has 4 nitrogen and oxygen atoms in total. The molecule has 1 fully saturated rings. The Balaban J connectivity index is 2.17.